The first-order valence-corrected chi connectivity index (χ1v) is 13.1. The van der Waals surface area contributed by atoms with Crippen molar-refractivity contribution in [1.82, 2.24) is 4.90 Å². The van der Waals surface area contributed by atoms with Gasteiger partial charge in [0.15, 0.2) is 5.78 Å². The fourth-order valence-corrected chi connectivity index (χ4v) is 4.03. The Balaban J connectivity index is 0.000000350. The van der Waals surface area contributed by atoms with Gasteiger partial charge in [0, 0.05) is 18.4 Å². The quantitative estimate of drug-likeness (QED) is 0.214. The molecule has 202 valence electrons. The summed E-state index contributed by atoms with van der Waals surface area (Å²) in [5.74, 6) is 1.48. The van der Waals surface area contributed by atoms with Crippen molar-refractivity contribution in [2.45, 2.75) is 71.3 Å². The molecule has 1 fully saturated rings. The van der Waals surface area contributed by atoms with E-state index in [4.69, 9.17) is 15.2 Å². The zero-order valence-electron chi connectivity index (χ0n) is 22.8. The number of Topliss-reactive ketones (excluding diaryl/α,β-unsaturated/α-hetero) is 1. The number of nitrogens with zero attached hydrogens (tertiary/aromatic N) is 1. The predicted octanol–water partition coefficient (Wildman–Crippen LogP) is 5.68. The Morgan fingerprint density at radius 1 is 0.892 bits per heavy atom. The lowest BCUT2D eigenvalue weighted by Crippen LogP contribution is -2.20. The maximum atomic E-state index is 11.9. The lowest BCUT2D eigenvalue weighted by Gasteiger charge is -2.13. The molecule has 0 saturated carbocycles. The normalized spacial score (nSPS) is 12.6. The number of nitrogens with two attached hydrogens (primary N) is 1. The third kappa shape index (κ3) is 14.1. The van der Waals surface area contributed by atoms with Gasteiger partial charge in [-0.3, -0.25) is 9.59 Å². The molecule has 3 rings (SSSR count). The Morgan fingerprint density at radius 2 is 1.46 bits per heavy atom. The topological polar surface area (TPSA) is 81.9 Å². The van der Waals surface area contributed by atoms with Crippen LogP contribution in [0.1, 0.15) is 74.7 Å². The summed E-state index contributed by atoms with van der Waals surface area (Å²) < 4.78 is 10.7. The second-order valence-corrected chi connectivity index (χ2v) is 9.29. The van der Waals surface area contributed by atoms with E-state index in [0.29, 0.717) is 31.2 Å². The number of unbranched alkanes of at least 4 members (excludes halogenated alkanes) is 1. The smallest absolute Gasteiger partial charge is 0.217 e. The molecule has 1 saturated heterocycles. The molecule has 2 N–H and O–H groups in total. The van der Waals surface area contributed by atoms with Crippen molar-refractivity contribution in [3.05, 3.63) is 59.7 Å². The first kappa shape index (κ1) is 31.7. The van der Waals surface area contributed by atoms with Gasteiger partial charge < -0.3 is 20.1 Å². The van der Waals surface area contributed by atoms with Gasteiger partial charge >= 0.3 is 0 Å². The van der Waals surface area contributed by atoms with Crippen molar-refractivity contribution in [1.29, 1.82) is 0 Å². The molecule has 0 aliphatic carbocycles. The lowest BCUT2D eigenvalue weighted by molar-refractivity contribution is -0.118. The van der Waals surface area contributed by atoms with Crippen LogP contribution in [-0.4, -0.2) is 49.4 Å². The lowest BCUT2D eigenvalue weighted by atomic mass is 10.0. The molecule has 37 heavy (non-hydrogen) atoms. The fraction of sp³-hybridized carbons (Fsp3) is 0.484. The average molecular weight is 509 g/mol. The average Bonchev–Trinajstić information content (AvgIpc) is 3.42. The van der Waals surface area contributed by atoms with Crippen LogP contribution in [0.5, 0.6) is 11.5 Å². The van der Waals surface area contributed by atoms with Gasteiger partial charge in [0.25, 0.3) is 0 Å². The van der Waals surface area contributed by atoms with E-state index in [1.165, 1.54) is 50.9 Å². The molecular weight excluding hydrogens is 464 g/mol. The van der Waals surface area contributed by atoms with Gasteiger partial charge in [-0.25, -0.2) is 0 Å². The molecule has 1 aliphatic rings. The molecular formula is C31H44N2O4. The fourth-order valence-electron chi connectivity index (χ4n) is 4.03. The molecule has 2 aromatic carbocycles. The molecule has 6 nitrogen and oxygen atoms in total. The van der Waals surface area contributed by atoms with E-state index in [-0.39, 0.29) is 17.8 Å². The van der Waals surface area contributed by atoms with Crippen LogP contribution >= 0.6 is 0 Å². The summed E-state index contributed by atoms with van der Waals surface area (Å²) >= 11 is 0. The number of hydrogen-bond acceptors (Lipinski definition) is 5. The third-order valence-corrected chi connectivity index (χ3v) is 5.92. The van der Waals surface area contributed by atoms with Crippen molar-refractivity contribution in [3.8, 4) is 24.3 Å². The molecule has 1 aliphatic heterocycles. The zero-order valence-corrected chi connectivity index (χ0v) is 22.8. The maximum Gasteiger partial charge on any atom is 0.217 e. The summed E-state index contributed by atoms with van der Waals surface area (Å²) in [6.45, 7) is 7.78. The van der Waals surface area contributed by atoms with E-state index in [1.807, 2.05) is 26.0 Å². The minimum absolute atomic E-state index is 0.0839. The van der Waals surface area contributed by atoms with Crippen LogP contribution < -0.4 is 15.2 Å². The Kier molecular flexibility index (Phi) is 16.2. The SMILES string of the molecule is C#C.CC(C)Oc1ccc(C(=O)CCCCC(N)=O)cc1.COc1ccc(CCCN2CCCC2)cc1. The number of carbonyl (C=O) groups excluding carboxylic acids is 2. The van der Waals surface area contributed by atoms with Gasteiger partial charge in [0.2, 0.25) is 5.91 Å². The Morgan fingerprint density at radius 3 is 2.00 bits per heavy atom. The largest absolute Gasteiger partial charge is 0.497 e. The summed E-state index contributed by atoms with van der Waals surface area (Å²) in [6, 6.07) is 15.6. The maximum absolute atomic E-state index is 11.9. The summed E-state index contributed by atoms with van der Waals surface area (Å²) in [5, 5.41) is 0. The number of hydrogen-bond donors (Lipinski definition) is 1. The predicted molar refractivity (Wildman–Crippen MR) is 151 cm³/mol. The number of benzene rings is 2. The number of aryl methyl sites for hydroxylation is 1. The molecule has 1 amide bonds. The van der Waals surface area contributed by atoms with Crippen molar-refractivity contribution in [2.24, 2.45) is 5.73 Å². The Labute approximate surface area is 223 Å². The van der Waals surface area contributed by atoms with Gasteiger partial charge in [-0.05, 0) is 114 Å². The summed E-state index contributed by atoms with van der Waals surface area (Å²) in [6.07, 6.45) is 15.5. The van der Waals surface area contributed by atoms with Crippen molar-refractivity contribution >= 4 is 11.7 Å². The number of carbonyl (C=O) groups is 2. The summed E-state index contributed by atoms with van der Waals surface area (Å²) in [5.41, 5.74) is 7.13. The Hall–Kier alpha value is -3.30. The first-order valence-electron chi connectivity index (χ1n) is 13.1. The summed E-state index contributed by atoms with van der Waals surface area (Å²) in [4.78, 5) is 25.0. The van der Waals surface area contributed by atoms with Crippen LogP contribution in [-0.2, 0) is 11.2 Å². The highest BCUT2D eigenvalue weighted by Crippen LogP contribution is 2.16. The van der Waals surface area contributed by atoms with Crippen molar-refractivity contribution < 1.29 is 19.1 Å². The van der Waals surface area contributed by atoms with E-state index >= 15 is 0 Å². The van der Waals surface area contributed by atoms with Gasteiger partial charge in [0.1, 0.15) is 11.5 Å². The third-order valence-electron chi connectivity index (χ3n) is 5.92. The molecule has 0 atom stereocenters. The van der Waals surface area contributed by atoms with E-state index < -0.39 is 0 Å². The molecule has 0 bridgehead atoms. The number of ether oxygens (including phenoxy) is 2. The monoisotopic (exact) mass is 508 g/mol. The van der Waals surface area contributed by atoms with Crippen molar-refractivity contribution in [2.75, 3.05) is 26.7 Å². The molecule has 0 radical (unpaired) electrons. The molecule has 1 heterocycles. The van der Waals surface area contributed by atoms with E-state index in [9.17, 15) is 9.59 Å². The standard InChI is InChI=1S/C15H21NO3.C14H21NO.C2H2/c1-11(2)19-13-9-7-12(8-10-13)14(17)5-3-4-6-15(16)18;1-16-14-8-6-13(7-9-14)5-4-12-15-10-2-3-11-15;1-2/h7-11H,3-6H2,1-2H3,(H2,16,18);6-9H,2-5,10-12H2,1H3;1-2H. The van der Waals surface area contributed by atoms with Crippen LogP contribution in [0.4, 0.5) is 0 Å². The zero-order chi connectivity index (χ0) is 27.5. The van der Waals surface area contributed by atoms with Crippen LogP contribution in [0.15, 0.2) is 48.5 Å². The number of amides is 1. The molecule has 6 heteroatoms. The van der Waals surface area contributed by atoms with Crippen LogP contribution in [0.3, 0.4) is 0 Å². The second kappa shape index (κ2) is 18.9. The number of rotatable bonds is 13. The number of primary amides is 1. The first-order chi connectivity index (χ1) is 17.9. The van der Waals surface area contributed by atoms with Crippen LogP contribution in [0.25, 0.3) is 0 Å². The number of likely N-dealkylation sites (tertiary alicyclic amines) is 1. The van der Waals surface area contributed by atoms with E-state index in [2.05, 4.69) is 29.9 Å². The number of methoxy groups -OCH3 is 1. The van der Waals surface area contributed by atoms with E-state index in [1.54, 1.807) is 31.4 Å². The van der Waals surface area contributed by atoms with Gasteiger partial charge in [0.05, 0.1) is 13.2 Å². The van der Waals surface area contributed by atoms with Crippen LogP contribution in [0, 0.1) is 12.8 Å². The molecule has 0 aromatic heterocycles. The number of terminal acetylenes is 1. The highest BCUT2D eigenvalue weighted by atomic mass is 16.5. The minimum Gasteiger partial charge on any atom is -0.497 e. The highest BCUT2D eigenvalue weighted by molar-refractivity contribution is 5.96. The van der Waals surface area contributed by atoms with Crippen molar-refractivity contribution in [3.63, 3.8) is 0 Å². The second-order valence-electron chi connectivity index (χ2n) is 9.29. The molecule has 2 aromatic rings. The minimum atomic E-state index is -0.317. The summed E-state index contributed by atoms with van der Waals surface area (Å²) in [7, 11) is 1.71. The van der Waals surface area contributed by atoms with E-state index in [0.717, 1.165) is 11.5 Å². The van der Waals surface area contributed by atoms with Gasteiger partial charge in [-0.1, -0.05) is 12.1 Å². The Bertz CT molecular complexity index is 914. The highest BCUT2D eigenvalue weighted by Gasteiger charge is 2.10. The molecule has 0 unspecified atom stereocenters. The van der Waals surface area contributed by atoms with Gasteiger partial charge in [-0.2, -0.15) is 0 Å². The molecule has 0 spiro atoms. The van der Waals surface area contributed by atoms with Crippen LogP contribution in [0.2, 0.25) is 0 Å². The van der Waals surface area contributed by atoms with Gasteiger partial charge in [-0.15, -0.1) is 12.8 Å². The number of ketones is 1.